The van der Waals surface area contributed by atoms with E-state index in [-0.39, 0.29) is 5.56 Å². The number of aromatic nitrogens is 2. The van der Waals surface area contributed by atoms with Crippen LogP contribution in [0.25, 0.3) is 10.1 Å². The van der Waals surface area contributed by atoms with Gasteiger partial charge in [-0.2, -0.15) is 0 Å². The van der Waals surface area contributed by atoms with Crippen LogP contribution < -0.4 is 5.56 Å². The van der Waals surface area contributed by atoms with E-state index in [1.54, 1.807) is 0 Å². The summed E-state index contributed by atoms with van der Waals surface area (Å²) in [6.07, 6.45) is 0.841. The molecule has 0 radical (unpaired) electrons. The third-order valence-electron chi connectivity index (χ3n) is 4.05. The Morgan fingerprint density at radius 2 is 2.14 bits per heavy atom. The zero-order valence-corrected chi connectivity index (χ0v) is 13.5. The lowest BCUT2D eigenvalue weighted by molar-refractivity contribution is 0.244. The Kier molecular flexibility index (Phi) is 3.44. The van der Waals surface area contributed by atoms with Crippen LogP contribution in [0.15, 0.2) is 35.1 Å². The van der Waals surface area contributed by atoms with Gasteiger partial charge in [-0.15, -0.1) is 11.3 Å². The van der Waals surface area contributed by atoms with Gasteiger partial charge in [0.25, 0.3) is 5.56 Å². The normalized spacial score (nSPS) is 15.1. The molecule has 0 amide bonds. The fraction of sp³-hybridized carbons (Fsp3) is 0.250. The van der Waals surface area contributed by atoms with Gasteiger partial charge < -0.3 is 4.98 Å². The van der Waals surface area contributed by atoms with Crippen molar-refractivity contribution >= 4 is 33.6 Å². The van der Waals surface area contributed by atoms with E-state index in [0.29, 0.717) is 11.3 Å². The molecular weight excluding hydrogens is 314 g/mol. The van der Waals surface area contributed by atoms with Gasteiger partial charge in [-0.1, -0.05) is 18.2 Å². The molecule has 6 heteroatoms. The number of thiophene rings is 1. The maximum absolute atomic E-state index is 12.1. The second-order valence-electron chi connectivity index (χ2n) is 5.58. The molecule has 0 spiro atoms. The van der Waals surface area contributed by atoms with E-state index in [4.69, 9.17) is 12.2 Å². The van der Waals surface area contributed by atoms with Crippen molar-refractivity contribution in [3.63, 3.8) is 0 Å². The third kappa shape index (κ3) is 2.54. The van der Waals surface area contributed by atoms with Crippen LogP contribution in [0.3, 0.4) is 0 Å². The van der Waals surface area contributed by atoms with Crippen LogP contribution in [0.2, 0.25) is 0 Å². The fourth-order valence-electron chi connectivity index (χ4n) is 2.98. The Hall–Kier alpha value is -1.76. The molecular formula is C16H15N3OS2. The van der Waals surface area contributed by atoms with E-state index in [2.05, 4.69) is 45.2 Å². The Morgan fingerprint density at radius 1 is 1.27 bits per heavy atom. The molecule has 0 saturated carbocycles. The van der Waals surface area contributed by atoms with Gasteiger partial charge in [0.15, 0.2) is 4.77 Å². The molecule has 2 aromatic heterocycles. The first-order valence-corrected chi connectivity index (χ1v) is 8.46. The van der Waals surface area contributed by atoms with Crippen molar-refractivity contribution in [3.8, 4) is 0 Å². The number of hydrogen-bond donors (Lipinski definition) is 2. The summed E-state index contributed by atoms with van der Waals surface area (Å²) in [6, 6.07) is 10.7. The molecule has 22 heavy (non-hydrogen) atoms. The van der Waals surface area contributed by atoms with Gasteiger partial charge in [0.2, 0.25) is 0 Å². The Bertz CT molecular complexity index is 921. The lowest BCUT2D eigenvalue weighted by Crippen LogP contribution is -2.35. The van der Waals surface area contributed by atoms with Gasteiger partial charge in [-0.3, -0.25) is 14.7 Å². The number of nitrogens with one attached hydrogen (secondary N) is 2. The van der Waals surface area contributed by atoms with E-state index >= 15 is 0 Å². The zero-order valence-electron chi connectivity index (χ0n) is 11.9. The number of fused-ring (bicyclic) bond motifs is 2. The van der Waals surface area contributed by atoms with Crippen LogP contribution in [0.4, 0.5) is 0 Å². The average Bonchev–Trinajstić information content (AvgIpc) is 2.90. The monoisotopic (exact) mass is 329 g/mol. The molecule has 1 aliphatic heterocycles. The van der Waals surface area contributed by atoms with Gasteiger partial charge >= 0.3 is 0 Å². The van der Waals surface area contributed by atoms with Gasteiger partial charge in [0.1, 0.15) is 0 Å². The molecule has 3 aromatic rings. The van der Waals surface area contributed by atoms with Crippen LogP contribution in [-0.4, -0.2) is 21.4 Å². The summed E-state index contributed by atoms with van der Waals surface area (Å²) >= 11 is 6.86. The van der Waals surface area contributed by atoms with Crippen molar-refractivity contribution in [2.24, 2.45) is 0 Å². The molecule has 4 nitrogen and oxygen atoms in total. The van der Waals surface area contributed by atoms with E-state index in [9.17, 15) is 4.79 Å². The summed E-state index contributed by atoms with van der Waals surface area (Å²) in [6.45, 7) is 2.49. The summed E-state index contributed by atoms with van der Waals surface area (Å²) in [5.74, 6) is 0. The molecule has 0 atom stereocenters. The zero-order chi connectivity index (χ0) is 15.1. The first-order chi connectivity index (χ1) is 10.7. The number of H-pyrrole nitrogens is 2. The van der Waals surface area contributed by atoms with Crippen molar-refractivity contribution in [3.05, 3.63) is 61.6 Å². The fourth-order valence-corrected chi connectivity index (χ4v) is 4.31. The van der Waals surface area contributed by atoms with Gasteiger partial charge in [0, 0.05) is 41.3 Å². The molecule has 0 unspecified atom stereocenters. The molecule has 3 heterocycles. The number of aromatic amines is 2. The molecule has 4 rings (SSSR count). The molecule has 2 N–H and O–H groups in total. The largest absolute Gasteiger partial charge is 0.335 e. The van der Waals surface area contributed by atoms with Crippen LogP contribution >= 0.6 is 23.6 Å². The molecule has 0 bridgehead atoms. The van der Waals surface area contributed by atoms with E-state index in [1.807, 2.05) is 11.3 Å². The van der Waals surface area contributed by atoms with Crippen molar-refractivity contribution in [2.45, 2.75) is 19.5 Å². The maximum atomic E-state index is 12.1. The van der Waals surface area contributed by atoms with E-state index in [0.717, 1.165) is 30.8 Å². The minimum absolute atomic E-state index is 0.0557. The SMILES string of the molecule is O=c1[nH]c(=S)[nH]c2c1CN(Cc1cc3ccccc3s1)CC2. The highest BCUT2D eigenvalue weighted by Gasteiger charge is 2.20. The molecule has 112 valence electrons. The first-order valence-electron chi connectivity index (χ1n) is 7.23. The van der Waals surface area contributed by atoms with Gasteiger partial charge in [-0.05, 0) is 29.7 Å². The third-order valence-corrected chi connectivity index (χ3v) is 5.35. The average molecular weight is 329 g/mol. The van der Waals surface area contributed by atoms with Crippen LogP contribution in [0, 0.1) is 4.77 Å². The van der Waals surface area contributed by atoms with Crippen LogP contribution in [0.5, 0.6) is 0 Å². The predicted octanol–water partition coefficient (Wildman–Crippen LogP) is 3.21. The van der Waals surface area contributed by atoms with Crippen molar-refractivity contribution < 1.29 is 0 Å². The minimum atomic E-state index is -0.0557. The number of nitrogens with zero attached hydrogens (tertiary/aromatic N) is 1. The molecule has 1 aliphatic rings. The number of rotatable bonds is 2. The second-order valence-corrected chi connectivity index (χ2v) is 7.15. The quantitative estimate of drug-likeness (QED) is 0.710. The number of hydrogen-bond acceptors (Lipinski definition) is 4. The summed E-state index contributed by atoms with van der Waals surface area (Å²) < 4.78 is 1.73. The highest BCUT2D eigenvalue weighted by atomic mass is 32.1. The summed E-state index contributed by atoms with van der Waals surface area (Å²) in [7, 11) is 0. The lowest BCUT2D eigenvalue weighted by Gasteiger charge is -2.27. The highest BCUT2D eigenvalue weighted by molar-refractivity contribution is 7.71. The Balaban J connectivity index is 1.60. The van der Waals surface area contributed by atoms with Crippen LogP contribution in [-0.2, 0) is 19.5 Å². The predicted molar refractivity (Wildman–Crippen MR) is 91.9 cm³/mol. The standard InChI is InChI=1S/C16H15N3OS2/c20-15-12-9-19(6-5-13(12)17-16(21)18-15)8-11-7-10-3-1-2-4-14(10)22-11/h1-4,7H,5-6,8-9H2,(H2,17,18,20,21). The van der Waals surface area contributed by atoms with Crippen molar-refractivity contribution in [1.29, 1.82) is 0 Å². The molecule has 0 fully saturated rings. The minimum Gasteiger partial charge on any atom is -0.335 e. The molecule has 0 saturated heterocycles. The van der Waals surface area contributed by atoms with E-state index in [1.165, 1.54) is 15.0 Å². The van der Waals surface area contributed by atoms with Crippen LogP contribution in [0.1, 0.15) is 16.1 Å². The maximum Gasteiger partial charge on any atom is 0.256 e. The molecule has 1 aromatic carbocycles. The topological polar surface area (TPSA) is 51.9 Å². The summed E-state index contributed by atoms with van der Waals surface area (Å²) in [5, 5.41) is 1.29. The summed E-state index contributed by atoms with van der Waals surface area (Å²) in [4.78, 5) is 21.5. The summed E-state index contributed by atoms with van der Waals surface area (Å²) in [5.41, 5.74) is 1.75. The lowest BCUT2D eigenvalue weighted by atomic mass is 10.1. The Labute approximate surface area is 136 Å². The highest BCUT2D eigenvalue weighted by Crippen LogP contribution is 2.27. The smallest absolute Gasteiger partial charge is 0.256 e. The van der Waals surface area contributed by atoms with Gasteiger partial charge in [0.05, 0.1) is 5.56 Å². The van der Waals surface area contributed by atoms with E-state index < -0.39 is 0 Å². The second kappa shape index (κ2) is 5.46. The number of benzene rings is 1. The van der Waals surface area contributed by atoms with Crippen molar-refractivity contribution in [1.82, 2.24) is 14.9 Å². The first kappa shape index (κ1) is 13.9. The van der Waals surface area contributed by atoms with Crippen molar-refractivity contribution in [2.75, 3.05) is 6.54 Å². The Morgan fingerprint density at radius 3 is 3.00 bits per heavy atom. The van der Waals surface area contributed by atoms with Gasteiger partial charge in [-0.25, -0.2) is 0 Å². The molecule has 0 aliphatic carbocycles.